The molecule has 2 N–H and O–H groups in total. The number of hydrogen-bond acceptors (Lipinski definition) is 3. The molecule has 0 amide bonds. The molecule has 7 heteroatoms. The fourth-order valence-corrected chi connectivity index (χ4v) is 2.41. The monoisotopic (exact) mass is 295 g/mol. The molecule has 0 heterocycles. The van der Waals surface area contributed by atoms with Gasteiger partial charge in [-0.25, -0.2) is 13.6 Å². The summed E-state index contributed by atoms with van der Waals surface area (Å²) in [6.07, 6.45) is 0. The zero-order valence-electron chi connectivity index (χ0n) is 9.04. The summed E-state index contributed by atoms with van der Waals surface area (Å²) >= 11 is 11.7. The van der Waals surface area contributed by atoms with Crippen molar-refractivity contribution in [3.63, 3.8) is 0 Å². The van der Waals surface area contributed by atoms with Crippen LogP contribution in [-0.2, 0) is 10.0 Å². The summed E-state index contributed by atoms with van der Waals surface area (Å²) in [4.78, 5) is -0.230. The number of sulfonamides is 1. The third-order valence-electron chi connectivity index (χ3n) is 1.79. The van der Waals surface area contributed by atoms with Crippen LogP contribution in [0.15, 0.2) is 29.2 Å². The quantitative estimate of drug-likeness (QED) is 0.868. The minimum Gasteiger partial charge on any atom is -0.488 e. The topological polar surface area (TPSA) is 69.4 Å². The van der Waals surface area contributed by atoms with Gasteiger partial charge in [0.15, 0.2) is 0 Å². The first-order valence-corrected chi connectivity index (χ1v) is 6.81. The molecule has 0 saturated heterocycles. The molecule has 0 fully saturated rings. The van der Waals surface area contributed by atoms with E-state index in [1.165, 1.54) is 12.1 Å². The molecule has 0 aliphatic carbocycles. The number of benzene rings is 1. The summed E-state index contributed by atoms with van der Waals surface area (Å²) in [7, 11) is -3.89. The maximum atomic E-state index is 11.2. The van der Waals surface area contributed by atoms with E-state index < -0.39 is 10.0 Å². The van der Waals surface area contributed by atoms with E-state index in [1.54, 1.807) is 6.92 Å². The van der Waals surface area contributed by atoms with Crippen molar-refractivity contribution in [2.24, 2.45) is 5.14 Å². The van der Waals surface area contributed by atoms with Gasteiger partial charge in [-0.1, -0.05) is 29.8 Å². The van der Waals surface area contributed by atoms with E-state index in [1.807, 2.05) is 0 Å². The smallest absolute Gasteiger partial charge is 0.239 e. The minimum absolute atomic E-state index is 0.0134. The van der Waals surface area contributed by atoms with Crippen molar-refractivity contribution in [1.29, 1.82) is 0 Å². The van der Waals surface area contributed by atoms with Gasteiger partial charge in [0.25, 0.3) is 0 Å². The molecule has 1 aromatic carbocycles. The molecule has 0 bridgehead atoms. The van der Waals surface area contributed by atoms with Gasteiger partial charge in [-0.15, -0.1) is 0 Å². The number of hydrogen-bond donors (Lipinski definition) is 1. The molecule has 0 spiro atoms. The van der Waals surface area contributed by atoms with Crippen LogP contribution in [0.3, 0.4) is 0 Å². The van der Waals surface area contributed by atoms with Crippen LogP contribution in [0.2, 0.25) is 10.0 Å². The van der Waals surface area contributed by atoms with Crippen LogP contribution in [0.25, 0.3) is 0 Å². The highest BCUT2D eigenvalue weighted by atomic mass is 35.5. The number of primary sulfonamides is 1. The van der Waals surface area contributed by atoms with Crippen LogP contribution in [0.1, 0.15) is 6.92 Å². The van der Waals surface area contributed by atoms with Crippen molar-refractivity contribution in [2.75, 3.05) is 6.61 Å². The van der Waals surface area contributed by atoms with Crippen molar-refractivity contribution in [2.45, 2.75) is 11.8 Å². The molecule has 0 saturated carbocycles. The third kappa shape index (κ3) is 3.61. The lowest BCUT2D eigenvalue weighted by Gasteiger charge is -2.10. The summed E-state index contributed by atoms with van der Waals surface area (Å²) in [5.74, 6) is 0.284. The van der Waals surface area contributed by atoms with Crippen molar-refractivity contribution < 1.29 is 13.2 Å². The fourth-order valence-electron chi connectivity index (χ4n) is 1.05. The predicted molar refractivity (Wildman–Crippen MR) is 68.1 cm³/mol. The summed E-state index contributed by atoms with van der Waals surface area (Å²) in [6.45, 7) is 5.72. The second-order valence-corrected chi connectivity index (χ2v) is 5.77. The number of nitrogens with two attached hydrogens (primary N) is 1. The fraction of sp³-hybridized carbons (Fsp3) is 0.200. The van der Waals surface area contributed by atoms with E-state index in [0.29, 0.717) is 0 Å². The van der Waals surface area contributed by atoms with E-state index in [-0.39, 0.29) is 27.3 Å². The normalized spacial score (nSPS) is 11.3. The second-order valence-electron chi connectivity index (χ2n) is 3.48. The lowest BCUT2D eigenvalue weighted by atomic mass is 10.3. The van der Waals surface area contributed by atoms with E-state index >= 15 is 0 Å². The van der Waals surface area contributed by atoms with Gasteiger partial charge in [0, 0.05) is 0 Å². The first-order valence-electron chi connectivity index (χ1n) is 4.51. The van der Waals surface area contributed by atoms with Crippen molar-refractivity contribution in [3.8, 4) is 5.75 Å². The molecule has 0 aliphatic heterocycles. The van der Waals surface area contributed by atoms with E-state index in [2.05, 4.69) is 6.58 Å². The molecule has 0 aliphatic rings. The van der Waals surface area contributed by atoms with E-state index in [9.17, 15) is 8.42 Å². The first kappa shape index (κ1) is 14.3. The Morgan fingerprint density at radius 1 is 1.41 bits per heavy atom. The molecule has 0 aromatic heterocycles. The molecule has 1 aromatic rings. The zero-order valence-corrected chi connectivity index (χ0v) is 11.4. The van der Waals surface area contributed by atoms with E-state index in [4.69, 9.17) is 33.1 Å². The molecule has 17 heavy (non-hydrogen) atoms. The number of rotatable bonds is 4. The first-order chi connectivity index (χ1) is 7.73. The van der Waals surface area contributed by atoms with Crippen LogP contribution >= 0.6 is 23.2 Å². The summed E-state index contributed by atoms with van der Waals surface area (Å²) in [6, 6.07) is 2.65. The van der Waals surface area contributed by atoms with Gasteiger partial charge >= 0.3 is 0 Å². The molecule has 94 valence electrons. The third-order valence-corrected chi connectivity index (χ3v) is 3.72. The zero-order chi connectivity index (χ0) is 13.2. The molecule has 1 rings (SSSR count). The highest BCUT2D eigenvalue weighted by Gasteiger charge is 2.18. The Morgan fingerprint density at radius 3 is 2.47 bits per heavy atom. The van der Waals surface area contributed by atoms with Crippen LogP contribution in [0.4, 0.5) is 0 Å². The number of ether oxygens (including phenoxy) is 1. The molecule has 4 nitrogen and oxygen atoms in total. The van der Waals surface area contributed by atoms with E-state index in [0.717, 1.165) is 5.57 Å². The van der Waals surface area contributed by atoms with Crippen LogP contribution < -0.4 is 9.88 Å². The molecule has 0 atom stereocenters. The van der Waals surface area contributed by atoms with Gasteiger partial charge in [0.05, 0.1) is 5.02 Å². The Bertz CT molecular complexity index is 555. The van der Waals surface area contributed by atoms with Gasteiger partial charge in [0.1, 0.15) is 22.3 Å². The van der Waals surface area contributed by atoms with Crippen LogP contribution in [0.5, 0.6) is 5.75 Å². The second kappa shape index (κ2) is 5.27. The number of halogens is 2. The molecular formula is C10H11Cl2NO3S. The van der Waals surface area contributed by atoms with Crippen LogP contribution in [0, 0.1) is 0 Å². The summed E-state index contributed by atoms with van der Waals surface area (Å²) < 4.78 is 27.6. The van der Waals surface area contributed by atoms with Crippen LogP contribution in [-0.4, -0.2) is 15.0 Å². The van der Waals surface area contributed by atoms with Crippen molar-refractivity contribution in [1.82, 2.24) is 0 Å². The van der Waals surface area contributed by atoms with Gasteiger partial charge in [0.2, 0.25) is 10.0 Å². The highest BCUT2D eigenvalue weighted by Crippen LogP contribution is 2.36. The maximum Gasteiger partial charge on any atom is 0.239 e. The molecular weight excluding hydrogens is 285 g/mol. The summed E-state index contributed by atoms with van der Waals surface area (Å²) in [5, 5.41) is 4.84. The average Bonchev–Trinajstić information content (AvgIpc) is 2.18. The Morgan fingerprint density at radius 2 is 2.00 bits per heavy atom. The Kier molecular flexibility index (Phi) is 4.43. The maximum absolute atomic E-state index is 11.2. The lowest BCUT2D eigenvalue weighted by molar-refractivity contribution is 0.352. The minimum atomic E-state index is -3.89. The van der Waals surface area contributed by atoms with Crippen molar-refractivity contribution >= 4 is 33.2 Å². The van der Waals surface area contributed by atoms with Gasteiger partial charge in [-0.2, -0.15) is 0 Å². The Labute approximate surface area is 110 Å². The van der Waals surface area contributed by atoms with Gasteiger partial charge < -0.3 is 4.74 Å². The van der Waals surface area contributed by atoms with Gasteiger partial charge in [-0.3, -0.25) is 0 Å². The largest absolute Gasteiger partial charge is 0.488 e. The Hall–Kier alpha value is -0.750. The van der Waals surface area contributed by atoms with Gasteiger partial charge in [-0.05, 0) is 24.6 Å². The molecule has 0 radical (unpaired) electrons. The Balaban J connectivity index is 3.16. The highest BCUT2D eigenvalue weighted by molar-refractivity contribution is 7.89. The lowest BCUT2D eigenvalue weighted by Crippen LogP contribution is -2.13. The molecule has 0 unspecified atom stereocenters. The van der Waals surface area contributed by atoms with Crippen molar-refractivity contribution in [3.05, 3.63) is 34.3 Å². The summed E-state index contributed by atoms with van der Waals surface area (Å²) in [5.41, 5.74) is 0.799. The average molecular weight is 296 g/mol. The predicted octanol–water partition coefficient (Wildman–Crippen LogP) is 2.60. The standard InChI is InChI=1S/C10H11Cl2NO3S/c1-6(2)5-16-7-3-4-8(17(13,14)15)10(12)9(7)11/h3-4H,1,5H2,2H3,(H2,13,14,15). The SMILES string of the molecule is C=C(C)COc1ccc(S(N)(=O)=O)c(Cl)c1Cl.